The van der Waals surface area contributed by atoms with Gasteiger partial charge in [-0.25, -0.2) is 4.68 Å². The normalized spacial score (nSPS) is 20.9. The Morgan fingerprint density at radius 2 is 2.00 bits per heavy atom. The van der Waals surface area contributed by atoms with Crippen molar-refractivity contribution in [3.8, 4) is 0 Å². The van der Waals surface area contributed by atoms with Gasteiger partial charge in [0.1, 0.15) is 6.73 Å². The second-order valence-corrected chi connectivity index (χ2v) is 14.3. The van der Waals surface area contributed by atoms with Gasteiger partial charge in [0.2, 0.25) is 0 Å². The average Bonchev–Trinajstić information content (AvgIpc) is 3.02. The predicted molar refractivity (Wildman–Crippen MR) is 107 cm³/mol. The number of rotatable bonds is 7. The Kier molecular flexibility index (Phi) is 5.85. The minimum absolute atomic E-state index is 0.0559. The van der Waals surface area contributed by atoms with Crippen molar-refractivity contribution in [1.29, 1.82) is 0 Å². The minimum Gasteiger partial charge on any atom is -0.481 e. The van der Waals surface area contributed by atoms with E-state index in [4.69, 9.17) is 9.84 Å². The SMILES string of the molecule is C[Si](C)(C)CCOCn1ncc2c(=O)n([C@H]3CC[C@@H](C(=O)O)CC3)ccc21. The molecule has 8 heteroatoms. The van der Waals surface area contributed by atoms with Crippen molar-refractivity contribution < 1.29 is 14.6 Å². The first-order chi connectivity index (χ1) is 12.8. The lowest BCUT2D eigenvalue weighted by Crippen LogP contribution is -2.29. The highest BCUT2D eigenvalue weighted by molar-refractivity contribution is 6.76. The van der Waals surface area contributed by atoms with E-state index < -0.39 is 14.0 Å². The van der Waals surface area contributed by atoms with E-state index in [0.717, 1.165) is 24.4 Å². The molecule has 0 aliphatic heterocycles. The summed E-state index contributed by atoms with van der Waals surface area (Å²) in [6.07, 6.45) is 6.10. The number of hydrogen-bond acceptors (Lipinski definition) is 4. The third-order valence-corrected chi connectivity index (χ3v) is 7.09. The molecule has 2 aromatic heterocycles. The molecule has 27 heavy (non-hydrogen) atoms. The number of ether oxygens (including phenoxy) is 1. The van der Waals surface area contributed by atoms with Gasteiger partial charge in [-0.2, -0.15) is 5.10 Å². The first kappa shape index (κ1) is 19.8. The summed E-state index contributed by atoms with van der Waals surface area (Å²) in [5.41, 5.74) is 0.725. The quantitative estimate of drug-likeness (QED) is 0.578. The van der Waals surface area contributed by atoms with Crippen LogP contribution in [-0.2, 0) is 16.3 Å². The Morgan fingerprint density at radius 3 is 2.63 bits per heavy atom. The van der Waals surface area contributed by atoms with Crippen LogP contribution in [0.2, 0.25) is 25.7 Å². The van der Waals surface area contributed by atoms with Crippen molar-refractivity contribution in [3.05, 3.63) is 28.8 Å². The monoisotopic (exact) mass is 391 g/mol. The molecule has 0 bridgehead atoms. The molecule has 0 aromatic carbocycles. The molecule has 1 N–H and O–H groups in total. The Hall–Kier alpha value is -1.93. The van der Waals surface area contributed by atoms with Crippen molar-refractivity contribution >= 4 is 24.9 Å². The summed E-state index contributed by atoms with van der Waals surface area (Å²) in [5.74, 6) is -1.01. The van der Waals surface area contributed by atoms with Crippen molar-refractivity contribution in [2.75, 3.05) is 6.61 Å². The molecule has 0 amide bonds. The zero-order valence-electron chi connectivity index (χ0n) is 16.4. The number of aromatic nitrogens is 3. The smallest absolute Gasteiger partial charge is 0.306 e. The fourth-order valence-corrected chi connectivity index (χ4v) is 4.37. The van der Waals surface area contributed by atoms with Gasteiger partial charge < -0.3 is 14.4 Å². The number of carboxylic acid groups (broad SMARTS) is 1. The summed E-state index contributed by atoms with van der Waals surface area (Å²) in [6.45, 7) is 7.99. The Morgan fingerprint density at radius 1 is 1.30 bits per heavy atom. The van der Waals surface area contributed by atoms with Crippen LogP contribution < -0.4 is 5.56 Å². The molecule has 148 valence electrons. The summed E-state index contributed by atoms with van der Waals surface area (Å²) >= 11 is 0. The summed E-state index contributed by atoms with van der Waals surface area (Å²) in [6, 6.07) is 3.07. The highest BCUT2D eigenvalue weighted by Crippen LogP contribution is 2.31. The number of carboxylic acids is 1. The lowest BCUT2D eigenvalue weighted by molar-refractivity contribution is -0.143. The van der Waals surface area contributed by atoms with E-state index in [1.54, 1.807) is 15.4 Å². The zero-order chi connectivity index (χ0) is 19.6. The van der Waals surface area contributed by atoms with Gasteiger partial charge in [0.25, 0.3) is 5.56 Å². The maximum absolute atomic E-state index is 12.9. The van der Waals surface area contributed by atoms with Crippen molar-refractivity contribution in [2.45, 2.75) is 64.1 Å². The molecule has 0 atom stereocenters. The van der Waals surface area contributed by atoms with Crippen LogP contribution in [0.25, 0.3) is 10.9 Å². The molecule has 3 rings (SSSR count). The molecule has 7 nitrogen and oxygen atoms in total. The lowest BCUT2D eigenvalue weighted by atomic mass is 9.86. The van der Waals surface area contributed by atoms with Gasteiger partial charge in [-0.1, -0.05) is 19.6 Å². The van der Waals surface area contributed by atoms with Crippen LogP contribution in [0.15, 0.2) is 23.3 Å². The Balaban J connectivity index is 1.70. The maximum Gasteiger partial charge on any atom is 0.306 e. The first-order valence-electron chi connectivity index (χ1n) is 9.63. The highest BCUT2D eigenvalue weighted by atomic mass is 28.3. The van der Waals surface area contributed by atoms with E-state index in [9.17, 15) is 9.59 Å². The van der Waals surface area contributed by atoms with Crippen LogP contribution in [0.3, 0.4) is 0 Å². The predicted octanol–water partition coefficient (Wildman–Crippen LogP) is 3.33. The van der Waals surface area contributed by atoms with E-state index in [2.05, 4.69) is 24.7 Å². The molecule has 0 saturated heterocycles. The summed E-state index contributed by atoms with van der Waals surface area (Å²) in [7, 11) is -1.13. The third kappa shape index (κ3) is 4.68. The number of fused-ring (bicyclic) bond motifs is 1. The van der Waals surface area contributed by atoms with E-state index in [1.165, 1.54) is 0 Å². The molecule has 0 spiro atoms. The molecular weight excluding hydrogens is 362 g/mol. The van der Waals surface area contributed by atoms with Gasteiger partial charge in [-0.15, -0.1) is 0 Å². The Labute approximate surface area is 160 Å². The minimum atomic E-state index is -1.13. The largest absolute Gasteiger partial charge is 0.481 e. The first-order valence-corrected chi connectivity index (χ1v) is 13.3. The number of hydrogen-bond donors (Lipinski definition) is 1. The molecule has 1 saturated carbocycles. The van der Waals surface area contributed by atoms with Crippen molar-refractivity contribution in [2.24, 2.45) is 5.92 Å². The summed E-state index contributed by atoms with van der Waals surface area (Å²) in [5, 5.41) is 14.1. The lowest BCUT2D eigenvalue weighted by Gasteiger charge is -2.27. The van der Waals surface area contributed by atoms with Gasteiger partial charge in [-0.05, 0) is 37.8 Å². The van der Waals surface area contributed by atoms with E-state index in [0.29, 0.717) is 31.6 Å². The third-order valence-electron chi connectivity index (χ3n) is 5.39. The van der Waals surface area contributed by atoms with E-state index in [-0.39, 0.29) is 17.5 Å². The van der Waals surface area contributed by atoms with Gasteiger partial charge in [0, 0.05) is 26.9 Å². The van der Waals surface area contributed by atoms with Crippen LogP contribution >= 0.6 is 0 Å². The molecule has 2 aromatic rings. The molecule has 0 radical (unpaired) electrons. The number of aliphatic carboxylic acids is 1. The average molecular weight is 392 g/mol. The molecule has 1 fully saturated rings. The van der Waals surface area contributed by atoms with E-state index >= 15 is 0 Å². The second-order valence-electron chi connectivity index (χ2n) is 8.66. The standard InChI is InChI=1S/C19H29N3O4Si/c1-27(2,3)11-10-26-13-22-17-8-9-21(18(23)16(17)12-20-22)15-6-4-14(5-7-15)19(24)25/h8-9,12,14-15H,4-7,10-11,13H2,1-3H3,(H,24,25)/t14-,15+. The summed E-state index contributed by atoms with van der Waals surface area (Å²) in [4.78, 5) is 24.0. The number of pyridine rings is 1. The second kappa shape index (κ2) is 7.98. The van der Waals surface area contributed by atoms with Gasteiger partial charge >= 0.3 is 5.97 Å². The zero-order valence-corrected chi connectivity index (χ0v) is 17.4. The van der Waals surface area contributed by atoms with Crippen molar-refractivity contribution in [3.63, 3.8) is 0 Å². The van der Waals surface area contributed by atoms with Crippen LogP contribution in [0.5, 0.6) is 0 Å². The van der Waals surface area contributed by atoms with Crippen molar-refractivity contribution in [1.82, 2.24) is 14.3 Å². The van der Waals surface area contributed by atoms with Crippen LogP contribution in [0, 0.1) is 5.92 Å². The van der Waals surface area contributed by atoms with E-state index in [1.807, 2.05) is 12.3 Å². The molecule has 1 aliphatic rings. The maximum atomic E-state index is 12.9. The number of carbonyl (C=O) groups is 1. The fourth-order valence-electron chi connectivity index (χ4n) is 3.61. The van der Waals surface area contributed by atoms with Crippen LogP contribution in [0.1, 0.15) is 31.7 Å². The number of nitrogens with zero attached hydrogens (tertiary/aromatic N) is 3. The van der Waals surface area contributed by atoms with Crippen LogP contribution in [0.4, 0.5) is 0 Å². The summed E-state index contributed by atoms with van der Waals surface area (Å²) < 4.78 is 9.23. The molecule has 0 unspecified atom stereocenters. The molecule has 1 aliphatic carbocycles. The molecule has 2 heterocycles. The highest BCUT2D eigenvalue weighted by Gasteiger charge is 2.27. The topological polar surface area (TPSA) is 86.4 Å². The molecular formula is C19H29N3O4Si. The van der Waals surface area contributed by atoms with Gasteiger partial charge in [0.05, 0.1) is 23.0 Å². The Bertz CT molecular complexity index is 860. The fraction of sp³-hybridized carbons (Fsp3) is 0.632. The van der Waals surface area contributed by atoms with Crippen LogP contribution in [-0.4, -0.2) is 40.1 Å². The van der Waals surface area contributed by atoms with Gasteiger partial charge in [0.15, 0.2) is 0 Å². The van der Waals surface area contributed by atoms with Gasteiger partial charge in [-0.3, -0.25) is 9.59 Å².